The zero-order chi connectivity index (χ0) is 24.3. The molecule has 6 fully saturated rings. The Bertz CT molecular complexity index is 1220. The van der Waals surface area contributed by atoms with Gasteiger partial charge in [0, 0.05) is 5.39 Å². The van der Waals surface area contributed by atoms with Crippen LogP contribution in [-0.4, -0.2) is 41.4 Å². The summed E-state index contributed by atoms with van der Waals surface area (Å²) in [6.45, 7) is 6.88. The average molecular weight is 498 g/mol. The van der Waals surface area contributed by atoms with Crippen molar-refractivity contribution in [2.75, 3.05) is 0 Å². The quantitative estimate of drug-likeness (QED) is 0.593. The smallest absolute Gasteiger partial charge is 0.462 e. The second-order valence-electron chi connectivity index (χ2n) is 12.5. The number of rotatable bonds is 5. The molecule has 1 aromatic heterocycles. The van der Waals surface area contributed by atoms with Crippen molar-refractivity contribution in [2.24, 2.45) is 29.1 Å². The Hall–Kier alpha value is -1.54. The van der Waals surface area contributed by atoms with Crippen LogP contribution in [0.15, 0.2) is 28.9 Å². The molecule has 1 saturated heterocycles. The van der Waals surface area contributed by atoms with E-state index in [2.05, 4.69) is 26.1 Å². The maximum Gasteiger partial charge on any atom is 0.482 e. The van der Waals surface area contributed by atoms with E-state index in [1.165, 1.54) is 6.42 Å². The summed E-state index contributed by atoms with van der Waals surface area (Å²) in [4.78, 5) is 13.4. The van der Waals surface area contributed by atoms with Gasteiger partial charge in [-0.1, -0.05) is 37.6 Å². The van der Waals surface area contributed by atoms with E-state index in [-0.39, 0.29) is 34.9 Å². The molecule has 2 aromatic rings. The Balaban J connectivity index is 1.18. The summed E-state index contributed by atoms with van der Waals surface area (Å²) in [5.41, 5.74) is 0.665. The summed E-state index contributed by atoms with van der Waals surface area (Å²) in [6.07, 6.45) is 6.89. The number of para-hydroxylation sites is 1. The molecule has 0 radical (unpaired) electrons. The molecule has 2 heterocycles. The van der Waals surface area contributed by atoms with E-state index in [0.717, 1.165) is 30.2 Å². The van der Waals surface area contributed by atoms with Crippen LogP contribution in [0.25, 0.3) is 11.0 Å². The molecule has 35 heavy (non-hydrogen) atoms. The van der Waals surface area contributed by atoms with Gasteiger partial charge in [-0.25, -0.2) is 0 Å². The van der Waals surface area contributed by atoms with E-state index in [0.29, 0.717) is 35.3 Å². The molecule has 1 aliphatic heterocycles. The van der Waals surface area contributed by atoms with Gasteiger partial charge in [0.05, 0.1) is 40.5 Å². The van der Waals surface area contributed by atoms with E-state index >= 15 is 0 Å². The van der Waals surface area contributed by atoms with Gasteiger partial charge >= 0.3 is 7.12 Å². The first-order chi connectivity index (χ1) is 16.6. The SMILES string of the molecule is CC1(C)C2CC1[C@]1(C)OB([C@H](Cc3coc4c(Cl)cccc34)NC(=O)[C@@H]3C[C@H]4CCC43O)O[C@@H]1C2. The van der Waals surface area contributed by atoms with Gasteiger partial charge < -0.3 is 24.1 Å². The van der Waals surface area contributed by atoms with Crippen LogP contribution in [0.5, 0.6) is 0 Å². The second-order valence-corrected chi connectivity index (χ2v) is 13.0. The van der Waals surface area contributed by atoms with Crippen LogP contribution in [0.4, 0.5) is 0 Å². The van der Waals surface area contributed by atoms with E-state index in [4.69, 9.17) is 25.3 Å². The van der Waals surface area contributed by atoms with E-state index in [1.807, 2.05) is 18.2 Å². The van der Waals surface area contributed by atoms with Gasteiger partial charge in [0.2, 0.25) is 5.91 Å². The standard InChI is InChI=1S/C27H33BClNO5/c1-25(2)16-11-20(25)26(3)21(12-16)34-28(35-26)22(30-24(31)18-10-15-7-8-27(15,18)32)9-14-13-33-23-17(14)5-4-6-19(23)29/h4-6,13,15-16,18,20-22,32H,7-12H2,1-3H3,(H,30,31)/t15-,16?,18+,20?,21-,22+,26+,27?/m1/s1. The molecular weight excluding hydrogens is 465 g/mol. The van der Waals surface area contributed by atoms with Crippen LogP contribution in [0.1, 0.15) is 58.4 Å². The number of nitrogens with one attached hydrogen (secondary N) is 1. The van der Waals surface area contributed by atoms with Crippen molar-refractivity contribution in [3.8, 4) is 0 Å². The highest BCUT2D eigenvalue weighted by Crippen LogP contribution is 2.66. The van der Waals surface area contributed by atoms with E-state index < -0.39 is 18.7 Å². The van der Waals surface area contributed by atoms with Crippen LogP contribution >= 0.6 is 11.6 Å². The first kappa shape index (κ1) is 22.6. The highest BCUT2D eigenvalue weighted by molar-refractivity contribution is 6.48. The molecular formula is C27H33BClNO5. The molecule has 6 aliphatic rings. The van der Waals surface area contributed by atoms with Crippen molar-refractivity contribution < 1.29 is 23.6 Å². The first-order valence-corrected chi connectivity index (χ1v) is 13.5. The number of halogens is 1. The van der Waals surface area contributed by atoms with Gasteiger partial charge in [0.25, 0.3) is 0 Å². The predicted molar refractivity (Wildman–Crippen MR) is 133 cm³/mol. The highest BCUT2D eigenvalue weighted by atomic mass is 35.5. The molecule has 8 atom stereocenters. The molecule has 0 spiro atoms. The number of fused-ring (bicyclic) bond motifs is 2. The predicted octanol–water partition coefficient (Wildman–Crippen LogP) is 4.54. The lowest BCUT2D eigenvalue weighted by molar-refractivity contribution is -0.215. The normalized spacial score (nSPS) is 41.3. The molecule has 5 saturated carbocycles. The van der Waals surface area contributed by atoms with Crippen molar-refractivity contribution in [1.29, 1.82) is 0 Å². The van der Waals surface area contributed by atoms with Crippen molar-refractivity contribution in [2.45, 2.75) is 82.5 Å². The molecule has 186 valence electrons. The summed E-state index contributed by atoms with van der Waals surface area (Å²) in [5, 5.41) is 15.6. The fourth-order valence-electron chi connectivity index (χ4n) is 8.13. The fourth-order valence-corrected chi connectivity index (χ4v) is 8.35. The van der Waals surface area contributed by atoms with Gasteiger partial charge in [-0.3, -0.25) is 4.79 Å². The molecule has 3 unspecified atom stereocenters. The number of furan rings is 1. The molecule has 8 heteroatoms. The molecule has 1 aromatic carbocycles. The molecule has 5 aliphatic carbocycles. The number of hydrogen-bond acceptors (Lipinski definition) is 5. The Labute approximate surface area is 211 Å². The molecule has 2 N–H and O–H groups in total. The minimum absolute atomic E-state index is 0.0307. The van der Waals surface area contributed by atoms with Gasteiger partial charge in [0.1, 0.15) is 0 Å². The van der Waals surface area contributed by atoms with Gasteiger partial charge in [0.15, 0.2) is 5.58 Å². The number of aliphatic hydroxyl groups is 1. The maximum absolute atomic E-state index is 13.4. The summed E-state index contributed by atoms with van der Waals surface area (Å²) in [5.74, 6) is 0.512. The largest absolute Gasteiger partial charge is 0.482 e. The Morgan fingerprint density at radius 3 is 2.77 bits per heavy atom. The number of carbonyl (C=O) groups is 1. The number of benzene rings is 1. The summed E-state index contributed by atoms with van der Waals surface area (Å²) >= 11 is 6.35. The van der Waals surface area contributed by atoms with Crippen LogP contribution in [0.3, 0.4) is 0 Å². The van der Waals surface area contributed by atoms with Gasteiger partial charge in [-0.05, 0) is 80.2 Å². The van der Waals surface area contributed by atoms with Gasteiger partial charge in [-0.15, -0.1) is 0 Å². The average Bonchev–Trinajstić information content (AvgIpc) is 3.39. The van der Waals surface area contributed by atoms with Crippen LogP contribution in [-0.2, 0) is 20.5 Å². The molecule has 6 nitrogen and oxygen atoms in total. The Morgan fingerprint density at radius 1 is 1.26 bits per heavy atom. The van der Waals surface area contributed by atoms with E-state index in [9.17, 15) is 9.90 Å². The molecule has 1 amide bonds. The lowest BCUT2D eigenvalue weighted by Gasteiger charge is -2.64. The summed E-state index contributed by atoms with van der Waals surface area (Å²) in [6, 6.07) is 5.71. The van der Waals surface area contributed by atoms with Crippen LogP contribution in [0.2, 0.25) is 5.02 Å². The van der Waals surface area contributed by atoms with Crippen LogP contribution in [0, 0.1) is 29.1 Å². The highest BCUT2D eigenvalue weighted by Gasteiger charge is 2.69. The third kappa shape index (κ3) is 2.99. The van der Waals surface area contributed by atoms with Crippen LogP contribution < -0.4 is 5.32 Å². The minimum Gasteiger partial charge on any atom is -0.462 e. The lowest BCUT2D eigenvalue weighted by Crippen LogP contribution is -2.68. The number of hydrogen-bond donors (Lipinski definition) is 2. The molecule has 8 rings (SSSR count). The zero-order valence-corrected chi connectivity index (χ0v) is 21.3. The monoisotopic (exact) mass is 497 g/mol. The Morgan fingerprint density at radius 2 is 2.09 bits per heavy atom. The van der Waals surface area contributed by atoms with Crippen molar-refractivity contribution in [1.82, 2.24) is 5.32 Å². The third-order valence-electron chi connectivity index (χ3n) is 10.7. The summed E-state index contributed by atoms with van der Waals surface area (Å²) < 4.78 is 19.1. The number of carbonyl (C=O) groups excluding carboxylic acids is 1. The van der Waals surface area contributed by atoms with E-state index in [1.54, 1.807) is 6.26 Å². The first-order valence-electron chi connectivity index (χ1n) is 13.1. The lowest BCUT2D eigenvalue weighted by atomic mass is 9.43. The van der Waals surface area contributed by atoms with Crippen molar-refractivity contribution in [3.63, 3.8) is 0 Å². The van der Waals surface area contributed by atoms with Crippen molar-refractivity contribution >= 4 is 35.6 Å². The molecule has 2 bridgehead atoms. The van der Waals surface area contributed by atoms with Gasteiger partial charge in [-0.2, -0.15) is 0 Å². The summed E-state index contributed by atoms with van der Waals surface area (Å²) in [7, 11) is -0.555. The Kier molecular flexibility index (Phi) is 4.71. The fraction of sp³-hybridized carbons (Fsp3) is 0.667. The number of amides is 1. The topological polar surface area (TPSA) is 80.9 Å². The minimum atomic E-state index is -0.826. The zero-order valence-electron chi connectivity index (χ0n) is 20.6. The maximum atomic E-state index is 13.4. The third-order valence-corrected chi connectivity index (χ3v) is 11.0. The van der Waals surface area contributed by atoms with Crippen molar-refractivity contribution in [3.05, 3.63) is 35.0 Å². The second kappa shape index (κ2) is 7.28.